The molecule has 5 nitrogen and oxygen atoms in total. The van der Waals surface area contributed by atoms with Crippen LogP contribution in [-0.2, 0) is 0 Å². The maximum Gasteiger partial charge on any atom is 0.272 e. The molecule has 1 aliphatic carbocycles. The van der Waals surface area contributed by atoms with Crippen molar-refractivity contribution in [3.05, 3.63) is 29.5 Å². The van der Waals surface area contributed by atoms with Crippen molar-refractivity contribution in [3.8, 4) is 0 Å². The number of benzene rings is 1. The third kappa shape index (κ3) is 2.92. The molecule has 1 aromatic heterocycles. The van der Waals surface area contributed by atoms with E-state index >= 15 is 0 Å². The van der Waals surface area contributed by atoms with Gasteiger partial charge < -0.3 is 10.2 Å². The molecule has 1 atom stereocenters. The molecule has 5 heteroatoms. The average Bonchev–Trinajstić information content (AvgIpc) is 3.13. The van der Waals surface area contributed by atoms with Gasteiger partial charge >= 0.3 is 0 Å². The van der Waals surface area contributed by atoms with Crippen molar-refractivity contribution in [2.45, 2.75) is 56.9 Å². The van der Waals surface area contributed by atoms with Crippen LogP contribution in [-0.4, -0.2) is 46.7 Å². The van der Waals surface area contributed by atoms with Crippen LogP contribution < -0.4 is 5.32 Å². The van der Waals surface area contributed by atoms with Crippen molar-refractivity contribution in [3.63, 3.8) is 0 Å². The molecule has 1 amide bonds. The normalized spacial score (nSPS) is 29.2. The molecule has 138 valence electrons. The summed E-state index contributed by atoms with van der Waals surface area (Å²) in [4.78, 5) is 15.3. The summed E-state index contributed by atoms with van der Waals surface area (Å²) < 4.78 is 0. The second-order valence-corrected chi connectivity index (χ2v) is 8.43. The van der Waals surface area contributed by atoms with E-state index in [0.29, 0.717) is 17.5 Å². The molecule has 4 heterocycles. The van der Waals surface area contributed by atoms with Crippen LogP contribution >= 0.6 is 0 Å². The summed E-state index contributed by atoms with van der Waals surface area (Å²) in [5, 5.41) is 11.7. The highest BCUT2D eigenvalue weighted by molar-refractivity contribution is 6.04. The van der Waals surface area contributed by atoms with Gasteiger partial charge in [-0.1, -0.05) is 31.4 Å². The Kier molecular flexibility index (Phi) is 4.20. The van der Waals surface area contributed by atoms with E-state index in [1.807, 2.05) is 0 Å². The number of aromatic nitrogens is 2. The van der Waals surface area contributed by atoms with E-state index in [9.17, 15) is 4.79 Å². The van der Waals surface area contributed by atoms with Crippen molar-refractivity contribution in [2.24, 2.45) is 5.92 Å². The molecule has 1 saturated carbocycles. The lowest BCUT2D eigenvalue weighted by molar-refractivity contribution is 0.0618. The maximum atomic E-state index is 12.8. The summed E-state index contributed by atoms with van der Waals surface area (Å²) in [5.41, 5.74) is 2.93. The van der Waals surface area contributed by atoms with Crippen LogP contribution in [0.15, 0.2) is 18.2 Å². The molecule has 2 bridgehead atoms. The minimum Gasteiger partial charge on any atom is -0.346 e. The van der Waals surface area contributed by atoms with E-state index in [1.165, 1.54) is 63.6 Å². The van der Waals surface area contributed by atoms with E-state index in [1.54, 1.807) is 0 Å². The molecule has 6 rings (SSSR count). The van der Waals surface area contributed by atoms with Gasteiger partial charge in [0.15, 0.2) is 5.69 Å². The Morgan fingerprint density at radius 1 is 1.12 bits per heavy atom. The van der Waals surface area contributed by atoms with Crippen molar-refractivity contribution < 1.29 is 4.79 Å². The quantitative estimate of drug-likeness (QED) is 0.890. The number of carbonyl (C=O) groups excluding carboxylic acids is 1. The zero-order valence-electron chi connectivity index (χ0n) is 15.3. The Labute approximate surface area is 154 Å². The van der Waals surface area contributed by atoms with Crippen molar-refractivity contribution in [1.29, 1.82) is 0 Å². The fraction of sp³-hybridized carbons (Fsp3) is 0.619. The van der Waals surface area contributed by atoms with Gasteiger partial charge in [-0.3, -0.25) is 9.89 Å². The third-order valence-corrected chi connectivity index (χ3v) is 6.85. The van der Waals surface area contributed by atoms with Crippen molar-refractivity contribution in [1.82, 2.24) is 20.4 Å². The number of H-pyrrole nitrogens is 1. The largest absolute Gasteiger partial charge is 0.346 e. The number of hydrogen-bond acceptors (Lipinski definition) is 3. The first-order valence-corrected chi connectivity index (χ1v) is 10.3. The molecule has 3 aliphatic heterocycles. The van der Waals surface area contributed by atoms with Crippen molar-refractivity contribution >= 4 is 16.8 Å². The van der Waals surface area contributed by atoms with Crippen LogP contribution in [0.1, 0.15) is 66.9 Å². The lowest BCUT2D eigenvalue weighted by Crippen LogP contribution is -2.57. The number of fused-ring (bicyclic) bond motifs is 4. The number of piperidine rings is 3. The number of aromatic amines is 1. The summed E-state index contributed by atoms with van der Waals surface area (Å²) in [6.07, 6.45) is 9.01. The Hall–Kier alpha value is -1.88. The van der Waals surface area contributed by atoms with E-state index < -0.39 is 0 Å². The Balaban J connectivity index is 1.34. The van der Waals surface area contributed by atoms with Gasteiger partial charge in [-0.15, -0.1) is 0 Å². The molecule has 4 aliphatic rings. The van der Waals surface area contributed by atoms with Gasteiger partial charge in [0.05, 0.1) is 5.52 Å². The molecular weight excluding hydrogens is 324 g/mol. The zero-order valence-corrected chi connectivity index (χ0v) is 15.3. The van der Waals surface area contributed by atoms with Gasteiger partial charge in [0.25, 0.3) is 5.91 Å². The standard InChI is InChI=1S/C21H28N4O/c26-21(22-19-13-25-10-8-15(19)9-11-25)20-17-7-6-16(12-18(17)23-24-20)14-4-2-1-3-5-14/h6-7,12,14-15,19H,1-5,8-11,13H2,(H,22,26)(H,23,24)/t19-/m0/s1. The number of hydrogen-bond donors (Lipinski definition) is 2. The number of rotatable bonds is 3. The average molecular weight is 352 g/mol. The second kappa shape index (κ2) is 6.69. The second-order valence-electron chi connectivity index (χ2n) is 8.43. The number of nitrogens with zero attached hydrogens (tertiary/aromatic N) is 2. The smallest absolute Gasteiger partial charge is 0.272 e. The van der Waals surface area contributed by atoms with Crippen molar-refractivity contribution in [2.75, 3.05) is 19.6 Å². The highest BCUT2D eigenvalue weighted by Crippen LogP contribution is 2.34. The van der Waals surface area contributed by atoms with Gasteiger partial charge in [-0.05, 0) is 62.2 Å². The number of nitrogens with one attached hydrogen (secondary N) is 2. The topological polar surface area (TPSA) is 61.0 Å². The molecule has 4 fully saturated rings. The lowest BCUT2D eigenvalue weighted by atomic mass is 9.83. The zero-order chi connectivity index (χ0) is 17.5. The molecule has 3 saturated heterocycles. The Morgan fingerprint density at radius 2 is 1.92 bits per heavy atom. The molecule has 0 spiro atoms. The summed E-state index contributed by atoms with van der Waals surface area (Å²) >= 11 is 0. The molecule has 26 heavy (non-hydrogen) atoms. The minimum absolute atomic E-state index is 0.0274. The van der Waals surface area contributed by atoms with E-state index in [-0.39, 0.29) is 11.9 Å². The van der Waals surface area contributed by atoms with E-state index in [4.69, 9.17) is 0 Å². The molecule has 0 unspecified atom stereocenters. The highest BCUT2D eigenvalue weighted by atomic mass is 16.2. The lowest BCUT2D eigenvalue weighted by Gasteiger charge is -2.44. The van der Waals surface area contributed by atoms with Crippen LogP contribution in [0, 0.1) is 5.92 Å². The SMILES string of the molecule is O=C(N[C@H]1CN2CCC1CC2)c1n[nH]c2cc(C3CCCCC3)ccc12. The summed E-state index contributed by atoms with van der Waals surface area (Å²) in [6, 6.07) is 6.79. The number of amides is 1. The Morgan fingerprint density at radius 3 is 2.65 bits per heavy atom. The molecule has 0 radical (unpaired) electrons. The first kappa shape index (κ1) is 16.3. The van der Waals surface area contributed by atoms with Gasteiger partial charge in [-0.25, -0.2) is 0 Å². The van der Waals surface area contributed by atoms with Crippen LogP contribution in [0.4, 0.5) is 0 Å². The van der Waals surface area contributed by atoms with E-state index in [0.717, 1.165) is 17.4 Å². The fourth-order valence-corrected chi connectivity index (χ4v) is 5.27. The third-order valence-electron chi connectivity index (χ3n) is 6.85. The van der Waals surface area contributed by atoms with Gasteiger partial charge in [-0.2, -0.15) is 5.10 Å². The van der Waals surface area contributed by atoms with Gasteiger partial charge in [0.1, 0.15) is 0 Å². The van der Waals surface area contributed by atoms with E-state index in [2.05, 4.69) is 38.6 Å². The summed E-state index contributed by atoms with van der Waals surface area (Å²) in [7, 11) is 0. The van der Waals surface area contributed by atoms with Crippen LogP contribution in [0.25, 0.3) is 10.9 Å². The number of carbonyl (C=O) groups is 1. The monoisotopic (exact) mass is 352 g/mol. The Bertz CT molecular complexity index is 799. The fourth-order valence-electron chi connectivity index (χ4n) is 5.27. The predicted octanol–water partition coefficient (Wildman–Crippen LogP) is 3.43. The predicted molar refractivity (Wildman–Crippen MR) is 102 cm³/mol. The minimum atomic E-state index is -0.0274. The summed E-state index contributed by atoms with van der Waals surface area (Å²) in [5.74, 6) is 1.27. The molecule has 1 aromatic carbocycles. The first-order valence-electron chi connectivity index (χ1n) is 10.3. The van der Waals surface area contributed by atoms with Gasteiger partial charge in [0, 0.05) is 18.0 Å². The van der Waals surface area contributed by atoms with Crippen LogP contribution in [0.3, 0.4) is 0 Å². The maximum absolute atomic E-state index is 12.8. The van der Waals surface area contributed by atoms with Crippen LogP contribution in [0.2, 0.25) is 0 Å². The highest BCUT2D eigenvalue weighted by Gasteiger charge is 2.35. The van der Waals surface area contributed by atoms with Crippen LogP contribution in [0.5, 0.6) is 0 Å². The molecule has 2 N–H and O–H groups in total. The van der Waals surface area contributed by atoms with Gasteiger partial charge in [0.2, 0.25) is 0 Å². The summed E-state index contributed by atoms with van der Waals surface area (Å²) in [6.45, 7) is 3.36. The molecular formula is C21H28N4O. The first-order chi connectivity index (χ1) is 12.8. The molecule has 2 aromatic rings.